The Morgan fingerprint density at radius 1 is 1.23 bits per heavy atom. The molecule has 3 fully saturated rings. The van der Waals surface area contributed by atoms with E-state index in [-0.39, 0.29) is 37.4 Å². The molecule has 2 heterocycles. The number of carboxylic acid groups (broad SMARTS) is 1. The number of halogens is 1. The van der Waals surface area contributed by atoms with Gasteiger partial charge < -0.3 is 10.4 Å². The summed E-state index contributed by atoms with van der Waals surface area (Å²) in [5.41, 5.74) is 0. The summed E-state index contributed by atoms with van der Waals surface area (Å²) in [4.78, 5) is 37.8. The molecule has 0 aromatic carbocycles. The summed E-state index contributed by atoms with van der Waals surface area (Å²) < 4.78 is 0. The number of fused-ring (bicyclic) bond motifs is 1. The summed E-state index contributed by atoms with van der Waals surface area (Å²) in [7, 11) is 0. The number of likely N-dealkylation sites (tertiary alicyclic amines) is 1. The predicted molar refractivity (Wildman–Crippen MR) is 80.9 cm³/mol. The number of urea groups is 1. The minimum Gasteiger partial charge on any atom is -0.480 e. The van der Waals surface area contributed by atoms with Crippen LogP contribution in [0.25, 0.3) is 0 Å². The number of carbonyl (C=O) groups excluding carboxylic acids is 2. The quantitative estimate of drug-likeness (QED) is 0.739. The molecule has 2 N–H and O–H groups in total. The molecule has 1 saturated carbocycles. The normalized spacial score (nSPS) is 31.6. The van der Waals surface area contributed by atoms with Crippen LogP contribution in [-0.2, 0) is 9.59 Å². The van der Waals surface area contributed by atoms with Gasteiger partial charge in [-0.1, -0.05) is 12.8 Å². The van der Waals surface area contributed by atoms with Crippen molar-refractivity contribution in [3.05, 3.63) is 0 Å². The molecule has 22 heavy (non-hydrogen) atoms. The van der Waals surface area contributed by atoms with Crippen LogP contribution in [0.15, 0.2) is 0 Å². The van der Waals surface area contributed by atoms with E-state index in [9.17, 15) is 19.5 Å². The summed E-state index contributed by atoms with van der Waals surface area (Å²) in [6.45, 7) is 0.780. The highest BCUT2D eigenvalue weighted by Gasteiger charge is 2.45. The van der Waals surface area contributed by atoms with E-state index in [2.05, 4.69) is 5.32 Å². The van der Waals surface area contributed by atoms with Gasteiger partial charge in [0.1, 0.15) is 6.04 Å². The molecule has 3 amide bonds. The van der Waals surface area contributed by atoms with Gasteiger partial charge >= 0.3 is 12.0 Å². The van der Waals surface area contributed by atoms with Gasteiger partial charge in [0, 0.05) is 19.1 Å². The SMILES string of the molecule is Cl.O=C(O)C1CC2CCCCC2N1CCN1C(=O)CNC1=O. The van der Waals surface area contributed by atoms with E-state index in [0.29, 0.717) is 24.9 Å². The second-order valence-electron chi connectivity index (χ2n) is 6.14. The van der Waals surface area contributed by atoms with Crippen LogP contribution in [-0.4, -0.2) is 64.5 Å². The standard InChI is InChI=1S/C14H21N3O4.ClH/c18-12-8-15-14(21)17(12)6-5-16-10-4-2-1-3-9(10)7-11(16)13(19)20;/h9-11H,1-8H2,(H,15,21)(H,19,20);1H. The fourth-order valence-electron chi connectivity index (χ4n) is 4.01. The smallest absolute Gasteiger partial charge is 0.324 e. The zero-order chi connectivity index (χ0) is 15.0. The van der Waals surface area contributed by atoms with Crippen LogP contribution in [0.1, 0.15) is 32.1 Å². The molecule has 3 atom stereocenters. The largest absolute Gasteiger partial charge is 0.480 e. The van der Waals surface area contributed by atoms with Crippen LogP contribution < -0.4 is 5.32 Å². The van der Waals surface area contributed by atoms with E-state index in [1.54, 1.807) is 0 Å². The van der Waals surface area contributed by atoms with E-state index in [4.69, 9.17) is 0 Å². The number of hydrogen-bond donors (Lipinski definition) is 2. The Morgan fingerprint density at radius 2 is 1.95 bits per heavy atom. The molecular formula is C14H22ClN3O4. The van der Waals surface area contributed by atoms with Gasteiger partial charge in [-0.3, -0.25) is 19.4 Å². The maximum atomic E-state index is 11.6. The number of imide groups is 1. The van der Waals surface area contributed by atoms with Crippen LogP contribution in [0.2, 0.25) is 0 Å². The van der Waals surface area contributed by atoms with E-state index in [1.807, 2.05) is 4.90 Å². The third-order valence-electron chi connectivity index (χ3n) is 5.03. The van der Waals surface area contributed by atoms with Crippen molar-refractivity contribution in [1.82, 2.24) is 15.1 Å². The minimum absolute atomic E-state index is 0. The molecule has 124 valence electrons. The van der Waals surface area contributed by atoms with Gasteiger partial charge in [0.25, 0.3) is 0 Å². The molecule has 0 aromatic rings. The molecule has 0 radical (unpaired) electrons. The molecule has 0 spiro atoms. The third kappa shape index (κ3) is 3.05. The van der Waals surface area contributed by atoms with E-state index >= 15 is 0 Å². The summed E-state index contributed by atoms with van der Waals surface area (Å²) in [5, 5.41) is 11.9. The van der Waals surface area contributed by atoms with Gasteiger partial charge in [0.05, 0.1) is 6.54 Å². The lowest BCUT2D eigenvalue weighted by atomic mass is 9.85. The van der Waals surface area contributed by atoms with Crippen molar-refractivity contribution in [2.24, 2.45) is 5.92 Å². The monoisotopic (exact) mass is 331 g/mol. The van der Waals surface area contributed by atoms with Gasteiger partial charge in [0.2, 0.25) is 5.91 Å². The number of hydrogen-bond acceptors (Lipinski definition) is 4. The topological polar surface area (TPSA) is 89.9 Å². The Labute approximate surface area is 135 Å². The highest BCUT2D eigenvalue weighted by molar-refractivity contribution is 6.01. The first kappa shape index (κ1) is 17.0. The molecule has 7 nitrogen and oxygen atoms in total. The molecule has 3 aliphatic rings. The molecule has 2 saturated heterocycles. The average molecular weight is 332 g/mol. The first-order valence-corrected chi connectivity index (χ1v) is 7.64. The first-order chi connectivity index (χ1) is 10.1. The number of nitrogens with zero attached hydrogens (tertiary/aromatic N) is 2. The molecule has 3 unspecified atom stereocenters. The number of rotatable bonds is 4. The van der Waals surface area contributed by atoms with E-state index in [1.165, 1.54) is 11.3 Å². The van der Waals surface area contributed by atoms with Crippen LogP contribution in [0.5, 0.6) is 0 Å². The maximum Gasteiger partial charge on any atom is 0.324 e. The summed E-state index contributed by atoms with van der Waals surface area (Å²) in [6.07, 6.45) is 5.12. The Kier molecular flexibility index (Phi) is 5.28. The highest BCUT2D eigenvalue weighted by atomic mass is 35.5. The summed E-state index contributed by atoms with van der Waals surface area (Å²) >= 11 is 0. The molecule has 2 aliphatic heterocycles. The van der Waals surface area contributed by atoms with Gasteiger partial charge in [-0.15, -0.1) is 12.4 Å². The lowest BCUT2D eigenvalue weighted by Crippen LogP contribution is -2.47. The fraction of sp³-hybridized carbons (Fsp3) is 0.786. The number of carbonyl (C=O) groups is 3. The van der Waals surface area contributed by atoms with Crippen molar-refractivity contribution in [3.63, 3.8) is 0 Å². The number of aliphatic carboxylic acids is 1. The lowest BCUT2D eigenvalue weighted by Gasteiger charge is -2.33. The van der Waals surface area contributed by atoms with E-state index < -0.39 is 12.0 Å². The molecule has 1 aliphatic carbocycles. The summed E-state index contributed by atoms with van der Waals surface area (Å²) in [6, 6.07) is -0.550. The lowest BCUT2D eigenvalue weighted by molar-refractivity contribution is -0.142. The van der Waals surface area contributed by atoms with Crippen molar-refractivity contribution in [2.45, 2.75) is 44.2 Å². The molecular weight excluding hydrogens is 310 g/mol. The Morgan fingerprint density at radius 3 is 2.59 bits per heavy atom. The van der Waals surface area contributed by atoms with Crippen molar-refractivity contribution in [2.75, 3.05) is 19.6 Å². The second-order valence-corrected chi connectivity index (χ2v) is 6.14. The van der Waals surface area contributed by atoms with Crippen molar-refractivity contribution in [3.8, 4) is 0 Å². The maximum absolute atomic E-state index is 11.6. The predicted octanol–water partition coefficient (Wildman–Crippen LogP) is 0.678. The molecule has 0 bridgehead atoms. The van der Waals surface area contributed by atoms with Crippen molar-refractivity contribution < 1.29 is 19.5 Å². The first-order valence-electron chi connectivity index (χ1n) is 7.64. The van der Waals surface area contributed by atoms with Gasteiger partial charge in [-0.05, 0) is 25.2 Å². The van der Waals surface area contributed by atoms with E-state index in [0.717, 1.165) is 19.3 Å². The Hall–Kier alpha value is -1.34. The second kappa shape index (κ2) is 6.83. The minimum atomic E-state index is -0.790. The number of amides is 3. The zero-order valence-electron chi connectivity index (χ0n) is 12.4. The van der Waals surface area contributed by atoms with Crippen molar-refractivity contribution >= 4 is 30.3 Å². The van der Waals surface area contributed by atoms with Gasteiger partial charge in [0.15, 0.2) is 0 Å². The molecule has 0 aromatic heterocycles. The number of nitrogens with one attached hydrogen (secondary N) is 1. The summed E-state index contributed by atoms with van der Waals surface area (Å²) in [5.74, 6) is -0.573. The average Bonchev–Trinajstić information content (AvgIpc) is 2.98. The third-order valence-corrected chi connectivity index (χ3v) is 5.03. The van der Waals surface area contributed by atoms with Crippen LogP contribution in [0, 0.1) is 5.92 Å². The Bertz CT molecular complexity index is 457. The van der Waals surface area contributed by atoms with Crippen molar-refractivity contribution in [1.29, 1.82) is 0 Å². The van der Waals surface area contributed by atoms with Crippen LogP contribution in [0.3, 0.4) is 0 Å². The zero-order valence-corrected chi connectivity index (χ0v) is 13.2. The fourth-order valence-corrected chi connectivity index (χ4v) is 4.01. The number of carboxylic acids is 1. The van der Waals surface area contributed by atoms with Gasteiger partial charge in [-0.25, -0.2) is 4.79 Å². The Balaban J connectivity index is 0.00000176. The van der Waals surface area contributed by atoms with Crippen LogP contribution in [0.4, 0.5) is 4.79 Å². The highest BCUT2D eigenvalue weighted by Crippen LogP contribution is 2.39. The molecule has 3 rings (SSSR count). The van der Waals surface area contributed by atoms with Crippen LogP contribution >= 0.6 is 12.4 Å². The van der Waals surface area contributed by atoms with Gasteiger partial charge in [-0.2, -0.15) is 0 Å². The molecule has 8 heteroatoms.